The van der Waals surface area contributed by atoms with Gasteiger partial charge in [-0.25, -0.2) is 0 Å². The van der Waals surface area contributed by atoms with Crippen LogP contribution in [0.4, 0.5) is 5.69 Å². The molecule has 8 heteroatoms. The van der Waals surface area contributed by atoms with Crippen LogP contribution in [0, 0.1) is 25.7 Å². The number of thioether (sulfide) groups is 1. The molecule has 1 spiro atoms. The first kappa shape index (κ1) is 27.5. The summed E-state index contributed by atoms with van der Waals surface area (Å²) in [6.45, 7) is 12.8. The molecule has 7 nitrogen and oxygen atoms in total. The van der Waals surface area contributed by atoms with Gasteiger partial charge < -0.3 is 19.8 Å². The van der Waals surface area contributed by atoms with Gasteiger partial charge in [-0.15, -0.1) is 24.9 Å². The minimum absolute atomic E-state index is 0.0247. The van der Waals surface area contributed by atoms with Crippen LogP contribution in [0.15, 0.2) is 43.5 Å². The van der Waals surface area contributed by atoms with Crippen molar-refractivity contribution >= 4 is 35.2 Å². The number of likely N-dealkylation sites (N-methyl/N-ethyl adjacent to an activating group) is 1. The van der Waals surface area contributed by atoms with Gasteiger partial charge in [0.05, 0.1) is 16.6 Å². The highest BCUT2D eigenvalue weighted by atomic mass is 32.2. The molecule has 0 aromatic heterocycles. The summed E-state index contributed by atoms with van der Waals surface area (Å²) >= 11 is 1.69. The van der Waals surface area contributed by atoms with E-state index in [0.29, 0.717) is 32.5 Å². The van der Waals surface area contributed by atoms with E-state index >= 15 is 0 Å². The van der Waals surface area contributed by atoms with E-state index in [1.807, 2.05) is 32.0 Å². The Kier molecular flexibility index (Phi) is 8.19. The number of nitrogens with zero attached hydrogens (tertiary/aromatic N) is 3. The van der Waals surface area contributed by atoms with Gasteiger partial charge >= 0.3 is 0 Å². The number of anilines is 1. The summed E-state index contributed by atoms with van der Waals surface area (Å²) in [5.41, 5.74) is 2.83. The van der Waals surface area contributed by atoms with Crippen molar-refractivity contribution in [3.05, 3.63) is 54.6 Å². The van der Waals surface area contributed by atoms with E-state index in [4.69, 9.17) is 0 Å². The number of carbonyl (C=O) groups excluding carboxylic acids is 3. The Labute approximate surface area is 224 Å². The number of para-hydroxylation sites is 1. The summed E-state index contributed by atoms with van der Waals surface area (Å²) in [5, 5.41) is 9.41. The second-order valence-corrected chi connectivity index (χ2v) is 12.1. The van der Waals surface area contributed by atoms with Crippen molar-refractivity contribution in [1.29, 1.82) is 0 Å². The number of fused-ring (bicyclic) bond motifs is 1. The minimum atomic E-state index is -0.667. The molecule has 37 heavy (non-hydrogen) atoms. The molecule has 3 fully saturated rings. The Morgan fingerprint density at radius 3 is 2.46 bits per heavy atom. The predicted octanol–water partition coefficient (Wildman–Crippen LogP) is 3.33. The molecule has 1 N–H and O–H groups in total. The maximum atomic E-state index is 14.6. The summed E-state index contributed by atoms with van der Waals surface area (Å²) in [6, 6.07) is 5.29. The van der Waals surface area contributed by atoms with E-state index in [1.54, 1.807) is 45.7 Å². The van der Waals surface area contributed by atoms with Gasteiger partial charge in [0.1, 0.15) is 6.04 Å². The van der Waals surface area contributed by atoms with Crippen LogP contribution < -0.4 is 4.90 Å². The maximum Gasteiger partial charge on any atom is 0.251 e. The van der Waals surface area contributed by atoms with E-state index in [1.165, 1.54) is 0 Å². The number of carbonyl (C=O) groups is 3. The van der Waals surface area contributed by atoms with E-state index in [0.717, 1.165) is 29.7 Å². The number of rotatable bonds is 11. The van der Waals surface area contributed by atoms with Crippen LogP contribution in [0.5, 0.6) is 0 Å². The second kappa shape index (κ2) is 11.0. The standard InChI is InChI=1S/C29H39N3O4S/c1-6-15-30(5)26(34)22-21-13-14-29(37-21)23(22)27(35)32(17-8-9-18-33)25(29)28(36)31(16-7-2)24-19(3)11-10-12-20(24)4/h6-7,10-12,21-23,25,33H,1-2,8-9,13-18H2,3-5H3/t21-,22+,23+,25?,29?/m1/s1. The third kappa shape index (κ3) is 4.52. The SMILES string of the molecule is C=CCN(C)C(=O)[C@@H]1[C@H]2C(=O)N(CCCCO)C(C(=O)N(CC=C)c3c(C)cccc3C)C23CC[C@H]1S3. The third-order valence-corrected chi connectivity index (χ3v) is 10.1. The lowest BCUT2D eigenvalue weighted by Gasteiger charge is -2.38. The number of unbranched alkanes of at least 4 members (excludes halogenated alkanes) is 1. The number of aryl methyl sites for hydroxylation is 2. The zero-order chi connectivity index (χ0) is 26.9. The van der Waals surface area contributed by atoms with Crippen molar-refractivity contribution in [2.24, 2.45) is 11.8 Å². The number of aliphatic hydroxyl groups is 1. The molecule has 200 valence electrons. The molecule has 0 radical (unpaired) electrons. The zero-order valence-corrected chi connectivity index (χ0v) is 23.0. The Morgan fingerprint density at radius 2 is 1.84 bits per heavy atom. The van der Waals surface area contributed by atoms with E-state index < -0.39 is 22.6 Å². The topological polar surface area (TPSA) is 81.2 Å². The smallest absolute Gasteiger partial charge is 0.251 e. The Hall–Kier alpha value is -2.58. The molecule has 0 aliphatic carbocycles. The largest absolute Gasteiger partial charge is 0.396 e. The van der Waals surface area contributed by atoms with E-state index in [2.05, 4.69) is 13.2 Å². The monoisotopic (exact) mass is 525 g/mol. The van der Waals surface area contributed by atoms with Crippen LogP contribution in [0.3, 0.4) is 0 Å². The van der Waals surface area contributed by atoms with Gasteiger partial charge in [-0.05, 0) is 50.7 Å². The van der Waals surface area contributed by atoms with E-state index in [-0.39, 0.29) is 29.6 Å². The lowest BCUT2D eigenvalue weighted by atomic mass is 9.70. The predicted molar refractivity (Wildman–Crippen MR) is 148 cm³/mol. The summed E-state index contributed by atoms with van der Waals surface area (Å²) in [7, 11) is 1.75. The normalized spacial score (nSPS) is 27.8. The first-order chi connectivity index (χ1) is 17.7. The number of benzene rings is 1. The summed E-state index contributed by atoms with van der Waals surface area (Å²) < 4.78 is -0.636. The van der Waals surface area contributed by atoms with E-state index in [9.17, 15) is 19.5 Å². The lowest BCUT2D eigenvalue weighted by Crippen LogP contribution is -2.55. The first-order valence-electron chi connectivity index (χ1n) is 13.2. The first-order valence-corrected chi connectivity index (χ1v) is 14.0. The summed E-state index contributed by atoms with van der Waals surface area (Å²) in [5.74, 6) is -1.22. The van der Waals surface area contributed by atoms with Crippen LogP contribution in [-0.4, -0.2) is 82.0 Å². The molecule has 2 unspecified atom stereocenters. The van der Waals surface area contributed by atoms with Gasteiger partial charge in [0.25, 0.3) is 5.91 Å². The number of likely N-dealkylation sites (tertiary alicyclic amines) is 1. The van der Waals surface area contributed by atoms with Crippen LogP contribution >= 0.6 is 11.8 Å². The fourth-order valence-corrected chi connectivity index (χ4v) is 8.89. The van der Waals surface area contributed by atoms with Crippen molar-refractivity contribution in [2.75, 3.05) is 38.2 Å². The van der Waals surface area contributed by atoms with Gasteiger partial charge in [-0.2, -0.15) is 0 Å². The van der Waals surface area contributed by atoms with Crippen LogP contribution in [0.1, 0.15) is 36.8 Å². The quantitative estimate of drug-likeness (QED) is 0.354. The Bertz CT molecular complexity index is 1070. The molecule has 3 saturated heterocycles. The molecule has 1 aromatic carbocycles. The molecule has 3 heterocycles. The summed E-state index contributed by atoms with van der Waals surface area (Å²) in [4.78, 5) is 47.4. The molecule has 3 aliphatic heterocycles. The molecular weight excluding hydrogens is 486 g/mol. The fraction of sp³-hybridized carbons (Fsp3) is 0.552. The van der Waals surface area contributed by atoms with Crippen molar-refractivity contribution < 1.29 is 19.5 Å². The average Bonchev–Trinajstić information content (AvgIpc) is 3.50. The fourth-order valence-electron chi connectivity index (χ4n) is 6.69. The zero-order valence-electron chi connectivity index (χ0n) is 22.2. The number of amides is 3. The maximum absolute atomic E-state index is 14.6. The molecule has 2 bridgehead atoms. The average molecular weight is 526 g/mol. The van der Waals surface area contributed by atoms with Gasteiger partial charge in [0.15, 0.2) is 0 Å². The number of hydrogen-bond donors (Lipinski definition) is 1. The van der Waals surface area contributed by atoms with Gasteiger partial charge in [-0.3, -0.25) is 14.4 Å². The third-order valence-electron chi connectivity index (χ3n) is 8.19. The van der Waals surface area contributed by atoms with Crippen LogP contribution in [-0.2, 0) is 14.4 Å². The molecule has 0 saturated carbocycles. The van der Waals surface area contributed by atoms with Crippen molar-refractivity contribution in [1.82, 2.24) is 9.80 Å². The highest BCUT2D eigenvalue weighted by molar-refractivity contribution is 8.02. The number of aliphatic hydroxyl groups excluding tert-OH is 1. The molecule has 1 aromatic rings. The van der Waals surface area contributed by atoms with Gasteiger partial charge in [0.2, 0.25) is 11.8 Å². The highest BCUT2D eigenvalue weighted by Gasteiger charge is 2.74. The van der Waals surface area contributed by atoms with Crippen molar-refractivity contribution in [3.8, 4) is 0 Å². The Balaban J connectivity index is 1.78. The molecule has 3 aliphatic rings. The van der Waals surface area contributed by atoms with Crippen LogP contribution in [0.2, 0.25) is 0 Å². The minimum Gasteiger partial charge on any atom is -0.396 e. The molecule has 3 amide bonds. The highest BCUT2D eigenvalue weighted by Crippen LogP contribution is 2.66. The Morgan fingerprint density at radius 1 is 1.16 bits per heavy atom. The number of hydrogen-bond acceptors (Lipinski definition) is 5. The van der Waals surface area contributed by atoms with Gasteiger partial charge in [0, 0.05) is 44.2 Å². The summed E-state index contributed by atoms with van der Waals surface area (Å²) in [6.07, 6.45) is 6.11. The molecular formula is C29H39N3O4S. The molecule has 4 rings (SSSR count). The van der Waals surface area contributed by atoms with Gasteiger partial charge in [-0.1, -0.05) is 30.4 Å². The lowest BCUT2D eigenvalue weighted by molar-refractivity contribution is -0.143. The van der Waals surface area contributed by atoms with Crippen LogP contribution in [0.25, 0.3) is 0 Å². The van der Waals surface area contributed by atoms with Crippen molar-refractivity contribution in [2.45, 2.75) is 55.6 Å². The van der Waals surface area contributed by atoms with Crippen molar-refractivity contribution in [3.63, 3.8) is 0 Å². The molecule has 5 atom stereocenters. The second-order valence-electron chi connectivity index (χ2n) is 10.5.